The van der Waals surface area contributed by atoms with Crippen molar-refractivity contribution in [2.45, 2.75) is 6.92 Å². The van der Waals surface area contributed by atoms with Crippen LogP contribution in [0.15, 0.2) is 0 Å². The molecule has 2 N–H and O–H groups in total. The number of hydrogen-bond acceptors (Lipinski definition) is 4. The van der Waals surface area contributed by atoms with E-state index in [1.165, 1.54) is 6.92 Å². The van der Waals surface area contributed by atoms with E-state index >= 15 is 0 Å². The Hall–Kier alpha value is 0.0700. The minimum Gasteiger partial charge on any atom is -0.301 e. The summed E-state index contributed by atoms with van der Waals surface area (Å²) in [5.74, 6) is 0. The summed E-state index contributed by atoms with van der Waals surface area (Å²) in [6, 6.07) is 0. The molecule has 0 aromatic carbocycles. The standard InChI is InChI=1S/C2H7O5P/c1-2-6-8(4,5)7-3/h3H,2H2,1H3,(H,4,5). The van der Waals surface area contributed by atoms with Crippen LogP contribution in [0.25, 0.3) is 0 Å². The lowest BCUT2D eigenvalue weighted by Gasteiger charge is -2.02. The second kappa shape index (κ2) is 3.17. The zero-order chi connectivity index (χ0) is 6.62. The average molecular weight is 142 g/mol. The SMILES string of the molecule is CCOP(=O)(O)OO. The topological polar surface area (TPSA) is 76.0 Å². The molecular formula is C2H7O5P. The Labute approximate surface area is 46.4 Å². The zero-order valence-corrected chi connectivity index (χ0v) is 5.17. The molecule has 0 fully saturated rings. The van der Waals surface area contributed by atoms with E-state index in [0.717, 1.165) is 0 Å². The summed E-state index contributed by atoms with van der Waals surface area (Å²) < 4.78 is 17.1. The molecule has 0 radical (unpaired) electrons. The highest BCUT2D eigenvalue weighted by molar-refractivity contribution is 7.47. The molecule has 5 nitrogen and oxygen atoms in total. The van der Waals surface area contributed by atoms with E-state index in [9.17, 15) is 4.57 Å². The Kier molecular flexibility index (Phi) is 3.19. The quantitative estimate of drug-likeness (QED) is 0.343. The van der Waals surface area contributed by atoms with Gasteiger partial charge in [0.15, 0.2) is 0 Å². The third-order valence-corrected chi connectivity index (χ3v) is 1.19. The normalized spacial score (nSPS) is 17.9. The third kappa shape index (κ3) is 3.12. The van der Waals surface area contributed by atoms with Crippen LogP contribution < -0.4 is 0 Å². The van der Waals surface area contributed by atoms with Crippen molar-refractivity contribution in [2.75, 3.05) is 6.61 Å². The van der Waals surface area contributed by atoms with Gasteiger partial charge in [0.2, 0.25) is 0 Å². The predicted octanol–water partition coefficient (Wildman–Crippen LogP) is 0.613. The zero-order valence-electron chi connectivity index (χ0n) is 4.27. The van der Waals surface area contributed by atoms with Gasteiger partial charge in [0.25, 0.3) is 0 Å². The van der Waals surface area contributed by atoms with E-state index in [-0.39, 0.29) is 6.61 Å². The van der Waals surface area contributed by atoms with Crippen LogP contribution in [0.4, 0.5) is 0 Å². The molecule has 0 heterocycles. The maximum atomic E-state index is 10.0. The smallest absolute Gasteiger partial charge is 0.301 e. The first-order valence-corrected chi connectivity index (χ1v) is 3.42. The highest BCUT2D eigenvalue weighted by Crippen LogP contribution is 2.41. The molecule has 0 saturated heterocycles. The Morgan fingerprint density at radius 3 is 2.38 bits per heavy atom. The van der Waals surface area contributed by atoms with Crippen LogP contribution in [0.3, 0.4) is 0 Å². The van der Waals surface area contributed by atoms with Crippen molar-refractivity contribution in [1.29, 1.82) is 0 Å². The van der Waals surface area contributed by atoms with Crippen LogP contribution in [-0.4, -0.2) is 16.8 Å². The van der Waals surface area contributed by atoms with E-state index in [2.05, 4.69) is 9.20 Å². The van der Waals surface area contributed by atoms with Gasteiger partial charge < -0.3 is 4.89 Å². The maximum absolute atomic E-state index is 10.0. The number of phosphoric acid groups is 1. The van der Waals surface area contributed by atoms with Crippen LogP contribution >= 0.6 is 7.82 Å². The monoisotopic (exact) mass is 142 g/mol. The molecule has 0 amide bonds. The van der Waals surface area contributed by atoms with Crippen molar-refractivity contribution in [1.82, 2.24) is 0 Å². The van der Waals surface area contributed by atoms with Gasteiger partial charge in [-0.3, -0.25) is 4.52 Å². The fraction of sp³-hybridized carbons (Fsp3) is 1.00. The van der Waals surface area contributed by atoms with Gasteiger partial charge in [0.1, 0.15) is 0 Å². The van der Waals surface area contributed by atoms with E-state index in [1.54, 1.807) is 0 Å². The molecular weight excluding hydrogens is 135 g/mol. The Morgan fingerprint density at radius 1 is 1.75 bits per heavy atom. The Bertz CT molecular complexity index is 101. The first-order valence-electron chi connectivity index (χ1n) is 1.93. The molecule has 0 bridgehead atoms. The summed E-state index contributed by atoms with van der Waals surface area (Å²) in [5.41, 5.74) is 0. The van der Waals surface area contributed by atoms with Gasteiger partial charge in [0.05, 0.1) is 6.61 Å². The lowest BCUT2D eigenvalue weighted by atomic mass is 10.9. The van der Waals surface area contributed by atoms with Gasteiger partial charge in [-0.05, 0) is 6.92 Å². The van der Waals surface area contributed by atoms with Gasteiger partial charge in [0, 0.05) is 0 Å². The lowest BCUT2D eigenvalue weighted by molar-refractivity contribution is -0.161. The second-order valence-electron chi connectivity index (χ2n) is 0.968. The molecule has 0 aliphatic carbocycles. The summed E-state index contributed by atoms with van der Waals surface area (Å²) >= 11 is 0. The van der Waals surface area contributed by atoms with Crippen LogP contribution in [0.1, 0.15) is 6.92 Å². The van der Waals surface area contributed by atoms with Gasteiger partial charge >= 0.3 is 7.82 Å². The molecule has 0 spiro atoms. The third-order valence-electron chi connectivity index (χ3n) is 0.395. The fourth-order valence-corrected chi connectivity index (χ4v) is 0.560. The summed E-state index contributed by atoms with van der Waals surface area (Å²) in [4.78, 5) is 8.18. The molecule has 1 atom stereocenters. The van der Waals surface area contributed by atoms with Crippen molar-refractivity contribution in [3.63, 3.8) is 0 Å². The largest absolute Gasteiger partial charge is 0.499 e. The maximum Gasteiger partial charge on any atom is 0.499 e. The minimum absolute atomic E-state index is 0.0222. The first kappa shape index (κ1) is 8.07. The molecule has 6 heteroatoms. The molecule has 1 unspecified atom stereocenters. The van der Waals surface area contributed by atoms with Gasteiger partial charge in [-0.1, -0.05) is 0 Å². The van der Waals surface area contributed by atoms with Crippen LogP contribution in [-0.2, 0) is 13.8 Å². The van der Waals surface area contributed by atoms with Gasteiger partial charge in [-0.2, -0.15) is 0 Å². The minimum atomic E-state index is -4.12. The molecule has 0 aliphatic heterocycles. The van der Waals surface area contributed by atoms with E-state index < -0.39 is 7.82 Å². The summed E-state index contributed by atoms with van der Waals surface area (Å²) in [7, 11) is -4.12. The van der Waals surface area contributed by atoms with Gasteiger partial charge in [-0.25, -0.2) is 9.82 Å². The first-order chi connectivity index (χ1) is 3.62. The average Bonchev–Trinajstić information content (AvgIpc) is 1.67. The summed E-state index contributed by atoms with van der Waals surface area (Å²) in [6.07, 6.45) is 0. The van der Waals surface area contributed by atoms with Crippen LogP contribution in [0, 0.1) is 0 Å². The fourth-order valence-electron chi connectivity index (χ4n) is 0.187. The van der Waals surface area contributed by atoms with E-state index in [4.69, 9.17) is 10.2 Å². The van der Waals surface area contributed by atoms with Crippen molar-refractivity contribution in [3.8, 4) is 0 Å². The van der Waals surface area contributed by atoms with Crippen molar-refractivity contribution in [3.05, 3.63) is 0 Å². The number of rotatable bonds is 3. The van der Waals surface area contributed by atoms with Gasteiger partial charge in [-0.15, -0.1) is 4.67 Å². The lowest BCUT2D eigenvalue weighted by Crippen LogP contribution is -1.89. The van der Waals surface area contributed by atoms with Crippen molar-refractivity contribution in [2.24, 2.45) is 0 Å². The van der Waals surface area contributed by atoms with Crippen molar-refractivity contribution < 1.29 is 23.9 Å². The summed E-state index contributed by atoms with van der Waals surface area (Å²) in [5, 5.41) is 7.59. The highest BCUT2D eigenvalue weighted by Gasteiger charge is 2.18. The van der Waals surface area contributed by atoms with Crippen LogP contribution in [0.2, 0.25) is 0 Å². The van der Waals surface area contributed by atoms with E-state index in [1.807, 2.05) is 0 Å². The highest BCUT2D eigenvalue weighted by atomic mass is 31.2. The molecule has 0 aliphatic rings. The molecule has 0 saturated carbocycles. The molecule has 50 valence electrons. The predicted molar refractivity (Wildman–Crippen MR) is 25.2 cm³/mol. The van der Waals surface area contributed by atoms with Crippen LogP contribution in [0.5, 0.6) is 0 Å². The second-order valence-corrected chi connectivity index (χ2v) is 2.33. The van der Waals surface area contributed by atoms with Crippen molar-refractivity contribution >= 4 is 7.82 Å². The molecule has 0 aromatic rings. The van der Waals surface area contributed by atoms with E-state index in [0.29, 0.717) is 0 Å². The Morgan fingerprint density at radius 2 is 2.25 bits per heavy atom. The molecule has 8 heavy (non-hydrogen) atoms. The Balaban J connectivity index is 3.55. The number of phosphoric ester groups is 1. The number of hydrogen-bond donors (Lipinski definition) is 2. The molecule has 0 aromatic heterocycles. The summed E-state index contributed by atoms with van der Waals surface area (Å²) in [6.45, 7) is 1.52. The molecule has 0 rings (SSSR count).